The lowest BCUT2D eigenvalue weighted by atomic mass is 10.1. The second kappa shape index (κ2) is 5.76. The van der Waals surface area contributed by atoms with Crippen LogP contribution in [0.4, 0.5) is 5.69 Å². The minimum Gasteiger partial charge on any atom is -0.383 e. The Balaban J connectivity index is 2.45. The molecule has 106 valence electrons. The van der Waals surface area contributed by atoms with E-state index < -0.39 is 11.0 Å². The van der Waals surface area contributed by atoms with Gasteiger partial charge in [0.2, 0.25) is 0 Å². The van der Waals surface area contributed by atoms with E-state index in [-0.39, 0.29) is 24.0 Å². The maximum Gasteiger partial charge on any atom is 0.282 e. The first-order chi connectivity index (χ1) is 9.54. The average molecular weight is 278 g/mol. The molecule has 0 fully saturated rings. The highest BCUT2D eigenvalue weighted by atomic mass is 16.6. The number of nitro benzene ring substituents is 1. The van der Waals surface area contributed by atoms with Gasteiger partial charge in [0.1, 0.15) is 5.56 Å². The van der Waals surface area contributed by atoms with Crippen LogP contribution in [0.3, 0.4) is 0 Å². The fourth-order valence-electron chi connectivity index (χ4n) is 1.82. The maximum absolute atomic E-state index is 11.1. The van der Waals surface area contributed by atoms with Gasteiger partial charge in [0, 0.05) is 13.2 Å². The van der Waals surface area contributed by atoms with Crippen LogP contribution in [0.15, 0.2) is 22.7 Å². The Morgan fingerprint density at radius 3 is 2.95 bits per heavy atom. The van der Waals surface area contributed by atoms with Gasteiger partial charge in [-0.1, -0.05) is 17.3 Å². The predicted molar refractivity (Wildman–Crippen MR) is 69.9 cm³/mol. The molecule has 1 unspecified atom stereocenters. The third-order valence-corrected chi connectivity index (χ3v) is 2.78. The van der Waals surface area contributed by atoms with Crippen molar-refractivity contribution in [1.29, 1.82) is 0 Å². The lowest BCUT2D eigenvalue weighted by Gasteiger charge is -2.03. The third-order valence-electron chi connectivity index (χ3n) is 2.78. The number of rotatable bonds is 5. The number of hydrogen-bond acceptors (Lipinski definition) is 7. The molecule has 1 heterocycles. The number of ether oxygens (including phenoxy) is 1. The highest BCUT2D eigenvalue weighted by Gasteiger charge is 2.23. The molecular formula is C12H14N4O4. The summed E-state index contributed by atoms with van der Waals surface area (Å²) >= 11 is 0. The highest BCUT2D eigenvalue weighted by molar-refractivity contribution is 5.70. The molecule has 0 amide bonds. The van der Waals surface area contributed by atoms with Crippen molar-refractivity contribution < 1.29 is 14.2 Å². The van der Waals surface area contributed by atoms with Crippen LogP contribution in [0.5, 0.6) is 0 Å². The Labute approximate surface area is 114 Å². The molecule has 0 saturated carbocycles. The minimum absolute atomic E-state index is 0.0800. The molecule has 0 aliphatic rings. The molecule has 0 spiro atoms. The van der Waals surface area contributed by atoms with Gasteiger partial charge in [0.25, 0.3) is 11.6 Å². The second-order valence-electron chi connectivity index (χ2n) is 4.25. The van der Waals surface area contributed by atoms with Gasteiger partial charge in [0.15, 0.2) is 5.82 Å². The zero-order valence-corrected chi connectivity index (χ0v) is 11.1. The quantitative estimate of drug-likeness (QED) is 0.651. The van der Waals surface area contributed by atoms with E-state index in [1.807, 2.05) is 0 Å². The van der Waals surface area contributed by atoms with Crippen LogP contribution < -0.4 is 5.73 Å². The molecule has 8 heteroatoms. The number of hydrogen-bond donors (Lipinski definition) is 1. The fraction of sp³-hybridized carbons (Fsp3) is 0.333. The van der Waals surface area contributed by atoms with Gasteiger partial charge in [-0.05, 0) is 12.5 Å². The number of methoxy groups -OCH3 is 1. The van der Waals surface area contributed by atoms with Crippen molar-refractivity contribution in [3.8, 4) is 11.5 Å². The molecule has 2 N–H and O–H groups in total. The zero-order valence-electron chi connectivity index (χ0n) is 11.1. The van der Waals surface area contributed by atoms with E-state index in [0.717, 1.165) is 0 Å². The number of aromatic nitrogens is 2. The SMILES string of the molecule is COCC(N)c1noc(-c2c(C)cccc2[N+](=O)[O-])n1. The summed E-state index contributed by atoms with van der Waals surface area (Å²) in [5.41, 5.74) is 6.69. The zero-order chi connectivity index (χ0) is 14.7. The molecule has 1 aromatic carbocycles. The lowest BCUT2D eigenvalue weighted by Crippen LogP contribution is -2.17. The van der Waals surface area contributed by atoms with Crippen molar-refractivity contribution in [2.75, 3.05) is 13.7 Å². The molecule has 20 heavy (non-hydrogen) atoms. The van der Waals surface area contributed by atoms with Crippen LogP contribution in [0, 0.1) is 17.0 Å². The molecule has 0 aliphatic heterocycles. The largest absolute Gasteiger partial charge is 0.383 e. The minimum atomic E-state index is -0.541. The van der Waals surface area contributed by atoms with E-state index in [1.54, 1.807) is 19.1 Å². The van der Waals surface area contributed by atoms with Gasteiger partial charge in [0.05, 0.1) is 17.6 Å². The first kappa shape index (κ1) is 14.1. The van der Waals surface area contributed by atoms with Crippen LogP contribution in [-0.4, -0.2) is 28.8 Å². The lowest BCUT2D eigenvalue weighted by molar-refractivity contribution is -0.384. The van der Waals surface area contributed by atoms with Gasteiger partial charge in [-0.25, -0.2) is 0 Å². The van der Waals surface area contributed by atoms with Gasteiger partial charge < -0.3 is 15.0 Å². The van der Waals surface area contributed by atoms with E-state index >= 15 is 0 Å². The summed E-state index contributed by atoms with van der Waals surface area (Å²) in [6.07, 6.45) is 0. The Morgan fingerprint density at radius 1 is 1.55 bits per heavy atom. The Kier molecular flexibility index (Phi) is 4.06. The van der Waals surface area contributed by atoms with Crippen molar-refractivity contribution in [2.24, 2.45) is 5.73 Å². The molecule has 0 aliphatic carbocycles. The Hall–Kier alpha value is -2.32. The monoisotopic (exact) mass is 278 g/mol. The van der Waals surface area contributed by atoms with Crippen molar-refractivity contribution in [3.05, 3.63) is 39.7 Å². The van der Waals surface area contributed by atoms with Gasteiger partial charge in [-0.15, -0.1) is 0 Å². The highest BCUT2D eigenvalue weighted by Crippen LogP contribution is 2.31. The molecule has 0 radical (unpaired) electrons. The van der Waals surface area contributed by atoms with Crippen LogP contribution in [0.25, 0.3) is 11.5 Å². The number of aryl methyl sites for hydroxylation is 1. The van der Waals surface area contributed by atoms with Crippen LogP contribution >= 0.6 is 0 Å². The van der Waals surface area contributed by atoms with Crippen molar-refractivity contribution >= 4 is 5.69 Å². The number of nitrogens with zero attached hydrogens (tertiary/aromatic N) is 3. The molecule has 1 aromatic heterocycles. The topological polar surface area (TPSA) is 117 Å². The second-order valence-corrected chi connectivity index (χ2v) is 4.25. The molecular weight excluding hydrogens is 264 g/mol. The molecule has 0 saturated heterocycles. The first-order valence-electron chi connectivity index (χ1n) is 5.87. The van der Waals surface area contributed by atoms with Crippen molar-refractivity contribution in [3.63, 3.8) is 0 Å². The van der Waals surface area contributed by atoms with E-state index in [0.29, 0.717) is 11.1 Å². The summed E-state index contributed by atoms with van der Waals surface area (Å²) in [6, 6.07) is 4.19. The molecule has 1 atom stereocenters. The Morgan fingerprint density at radius 2 is 2.30 bits per heavy atom. The predicted octanol–water partition coefficient (Wildman–Crippen LogP) is 1.60. The van der Waals surface area contributed by atoms with E-state index in [1.165, 1.54) is 13.2 Å². The summed E-state index contributed by atoms with van der Waals surface area (Å²) in [5, 5.41) is 14.8. The summed E-state index contributed by atoms with van der Waals surface area (Å²) in [4.78, 5) is 14.7. The molecule has 8 nitrogen and oxygen atoms in total. The standard InChI is InChI=1S/C12H14N4O4/c1-7-4-3-5-9(16(17)18)10(7)12-14-11(15-20-12)8(13)6-19-2/h3-5,8H,6,13H2,1-2H3. The van der Waals surface area contributed by atoms with Crippen LogP contribution in [-0.2, 0) is 4.74 Å². The third kappa shape index (κ3) is 2.65. The average Bonchev–Trinajstić information content (AvgIpc) is 2.88. The fourth-order valence-corrected chi connectivity index (χ4v) is 1.82. The molecule has 2 aromatic rings. The Bertz CT molecular complexity index is 626. The van der Waals surface area contributed by atoms with E-state index in [4.69, 9.17) is 15.0 Å². The maximum atomic E-state index is 11.1. The summed E-state index contributed by atoms with van der Waals surface area (Å²) < 4.78 is 9.99. The first-order valence-corrected chi connectivity index (χ1v) is 5.87. The van der Waals surface area contributed by atoms with Gasteiger partial charge in [-0.2, -0.15) is 4.98 Å². The van der Waals surface area contributed by atoms with Crippen molar-refractivity contribution in [2.45, 2.75) is 13.0 Å². The van der Waals surface area contributed by atoms with Crippen LogP contribution in [0.2, 0.25) is 0 Å². The van der Waals surface area contributed by atoms with E-state index in [2.05, 4.69) is 10.1 Å². The normalized spacial score (nSPS) is 12.3. The smallest absolute Gasteiger partial charge is 0.282 e. The summed E-state index contributed by atoms with van der Waals surface area (Å²) in [5.74, 6) is 0.329. The van der Waals surface area contributed by atoms with Crippen LogP contribution in [0.1, 0.15) is 17.4 Å². The van der Waals surface area contributed by atoms with Crippen molar-refractivity contribution in [1.82, 2.24) is 10.1 Å². The number of benzene rings is 1. The van der Waals surface area contributed by atoms with E-state index in [9.17, 15) is 10.1 Å². The summed E-state index contributed by atoms with van der Waals surface area (Å²) in [7, 11) is 1.51. The van der Waals surface area contributed by atoms with Gasteiger partial charge in [-0.3, -0.25) is 10.1 Å². The number of nitrogens with two attached hydrogens (primary N) is 1. The van der Waals surface area contributed by atoms with Gasteiger partial charge >= 0.3 is 0 Å². The number of nitro groups is 1. The summed E-state index contributed by atoms with van der Waals surface area (Å²) in [6.45, 7) is 1.97. The molecule has 2 rings (SSSR count). The molecule has 0 bridgehead atoms.